The smallest absolute Gasteiger partial charge is 0.234 e. The Morgan fingerprint density at radius 3 is 2.70 bits per heavy atom. The van der Waals surface area contributed by atoms with Crippen LogP contribution < -0.4 is 5.32 Å². The summed E-state index contributed by atoms with van der Waals surface area (Å²) in [7, 11) is 0. The molecule has 0 atom stereocenters. The number of thioether (sulfide) groups is 1. The Hall–Kier alpha value is -1.83. The topological polar surface area (TPSA) is 70.7 Å². The van der Waals surface area contributed by atoms with Gasteiger partial charge < -0.3 is 5.32 Å². The van der Waals surface area contributed by atoms with Crippen LogP contribution in [0.1, 0.15) is 25.3 Å². The first kappa shape index (κ1) is 19.9. The number of nitrogens with zero attached hydrogens (tertiary/aromatic N) is 2. The molecule has 0 fully saturated rings. The molecule has 0 unspecified atom stereocenters. The lowest BCUT2D eigenvalue weighted by Crippen LogP contribution is -2.15. The zero-order valence-corrected chi connectivity index (χ0v) is 18.0. The molecule has 0 aliphatic rings. The Morgan fingerprint density at radius 1 is 1.26 bits per heavy atom. The van der Waals surface area contributed by atoms with Gasteiger partial charge in [0, 0.05) is 20.7 Å². The number of benzene rings is 2. The standard InChI is InChI=1S/C19H18BrClN4OS/c1-11(2)15-9-13(20)5-8-16(15)22-17(26)10-27-19-23-18(24-25-19)12-3-6-14(21)7-4-12/h3-9,11H,10H2,1-2H3,(H,22,26)(H,23,24,25). The molecular formula is C19H18BrClN4OS. The van der Waals surface area contributed by atoms with E-state index >= 15 is 0 Å². The number of aromatic nitrogens is 3. The molecule has 1 amide bonds. The Balaban J connectivity index is 1.61. The van der Waals surface area contributed by atoms with E-state index < -0.39 is 0 Å². The third kappa shape index (κ3) is 5.34. The lowest BCUT2D eigenvalue weighted by molar-refractivity contribution is -0.113. The maximum absolute atomic E-state index is 12.3. The molecule has 27 heavy (non-hydrogen) atoms. The number of hydrogen-bond donors (Lipinski definition) is 2. The van der Waals surface area contributed by atoms with Crippen molar-refractivity contribution in [1.82, 2.24) is 15.2 Å². The highest BCUT2D eigenvalue weighted by Crippen LogP contribution is 2.28. The molecule has 5 nitrogen and oxygen atoms in total. The fourth-order valence-corrected chi connectivity index (χ4v) is 3.59. The number of rotatable bonds is 6. The average molecular weight is 466 g/mol. The van der Waals surface area contributed by atoms with E-state index in [1.54, 1.807) is 12.1 Å². The van der Waals surface area contributed by atoms with Crippen molar-refractivity contribution in [2.24, 2.45) is 0 Å². The molecule has 8 heteroatoms. The molecule has 3 rings (SSSR count). The van der Waals surface area contributed by atoms with Crippen molar-refractivity contribution in [3.05, 3.63) is 57.5 Å². The number of amides is 1. The summed E-state index contributed by atoms with van der Waals surface area (Å²) in [5.41, 5.74) is 2.81. The van der Waals surface area contributed by atoms with Crippen LogP contribution in [0.2, 0.25) is 5.02 Å². The zero-order chi connectivity index (χ0) is 19.4. The van der Waals surface area contributed by atoms with Gasteiger partial charge in [0.15, 0.2) is 5.82 Å². The van der Waals surface area contributed by atoms with Crippen LogP contribution >= 0.6 is 39.3 Å². The van der Waals surface area contributed by atoms with Crippen molar-refractivity contribution < 1.29 is 4.79 Å². The normalized spacial score (nSPS) is 11.0. The summed E-state index contributed by atoms with van der Waals surface area (Å²) < 4.78 is 0.994. The van der Waals surface area contributed by atoms with Crippen LogP contribution in [0.4, 0.5) is 5.69 Å². The van der Waals surface area contributed by atoms with Crippen molar-refractivity contribution in [3.8, 4) is 11.4 Å². The van der Waals surface area contributed by atoms with E-state index in [1.165, 1.54) is 11.8 Å². The minimum absolute atomic E-state index is 0.0953. The van der Waals surface area contributed by atoms with Crippen molar-refractivity contribution in [1.29, 1.82) is 0 Å². The highest BCUT2D eigenvalue weighted by molar-refractivity contribution is 9.10. The Kier molecular flexibility index (Phi) is 6.57. The summed E-state index contributed by atoms with van der Waals surface area (Å²) in [6, 6.07) is 13.2. The van der Waals surface area contributed by atoms with Crippen LogP contribution in [-0.4, -0.2) is 26.8 Å². The number of carbonyl (C=O) groups is 1. The van der Waals surface area contributed by atoms with Gasteiger partial charge in [-0.05, 0) is 53.9 Å². The second kappa shape index (κ2) is 8.91. The van der Waals surface area contributed by atoms with E-state index in [-0.39, 0.29) is 11.7 Å². The van der Waals surface area contributed by atoms with Gasteiger partial charge in [0.25, 0.3) is 0 Å². The van der Waals surface area contributed by atoms with E-state index in [1.807, 2.05) is 30.3 Å². The monoisotopic (exact) mass is 464 g/mol. The molecule has 1 heterocycles. The van der Waals surface area contributed by atoms with E-state index in [0.717, 1.165) is 21.3 Å². The second-order valence-electron chi connectivity index (χ2n) is 6.20. The Bertz CT molecular complexity index is 943. The van der Waals surface area contributed by atoms with Crippen LogP contribution in [0.25, 0.3) is 11.4 Å². The summed E-state index contributed by atoms with van der Waals surface area (Å²) in [5, 5.41) is 11.2. The number of hydrogen-bond acceptors (Lipinski definition) is 4. The second-order valence-corrected chi connectivity index (χ2v) is 8.49. The lowest BCUT2D eigenvalue weighted by Gasteiger charge is -2.14. The number of nitrogens with one attached hydrogen (secondary N) is 2. The maximum atomic E-state index is 12.3. The van der Waals surface area contributed by atoms with E-state index in [2.05, 4.69) is 50.3 Å². The third-order valence-electron chi connectivity index (χ3n) is 3.82. The first-order valence-corrected chi connectivity index (χ1v) is 10.5. The molecule has 1 aromatic heterocycles. The summed E-state index contributed by atoms with van der Waals surface area (Å²) in [4.78, 5) is 16.7. The van der Waals surface area contributed by atoms with Gasteiger partial charge in [0.05, 0.1) is 5.75 Å². The van der Waals surface area contributed by atoms with Gasteiger partial charge >= 0.3 is 0 Å². The molecule has 140 valence electrons. The predicted molar refractivity (Wildman–Crippen MR) is 114 cm³/mol. The van der Waals surface area contributed by atoms with Crippen molar-refractivity contribution in [2.75, 3.05) is 11.1 Å². The minimum atomic E-state index is -0.0953. The van der Waals surface area contributed by atoms with E-state index in [4.69, 9.17) is 11.6 Å². The third-order valence-corrected chi connectivity index (χ3v) is 5.42. The van der Waals surface area contributed by atoms with Crippen LogP contribution in [-0.2, 0) is 4.79 Å². The quantitative estimate of drug-likeness (QED) is 0.455. The van der Waals surface area contributed by atoms with Crippen LogP contribution in [0.3, 0.4) is 0 Å². The molecule has 0 saturated heterocycles. The number of carbonyl (C=O) groups excluding carboxylic acids is 1. The van der Waals surface area contributed by atoms with E-state index in [9.17, 15) is 4.79 Å². The highest BCUT2D eigenvalue weighted by atomic mass is 79.9. The molecule has 0 radical (unpaired) electrons. The summed E-state index contributed by atoms with van der Waals surface area (Å²) in [6.45, 7) is 4.19. The summed E-state index contributed by atoms with van der Waals surface area (Å²) in [6.07, 6.45) is 0. The van der Waals surface area contributed by atoms with Crippen molar-refractivity contribution >= 4 is 50.9 Å². The maximum Gasteiger partial charge on any atom is 0.234 e. The lowest BCUT2D eigenvalue weighted by atomic mass is 10.0. The highest BCUT2D eigenvalue weighted by Gasteiger charge is 2.12. The fraction of sp³-hybridized carbons (Fsp3) is 0.211. The number of H-pyrrole nitrogens is 1. The Morgan fingerprint density at radius 2 is 2.00 bits per heavy atom. The Labute approximate surface area is 175 Å². The largest absolute Gasteiger partial charge is 0.325 e. The molecule has 2 aromatic carbocycles. The van der Waals surface area contributed by atoms with Gasteiger partial charge in [-0.3, -0.25) is 9.89 Å². The minimum Gasteiger partial charge on any atom is -0.325 e. The van der Waals surface area contributed by atoms with Crippen molar-refractivity contribution in [3.63, 3.8) is 0 Å². The SMILES string of the molecule is CC(C)c1cc(Br)ccc1NC(=O)CSc1n[nH]c(-c2ccc(Cl)cc2)n1. The number of aromatic amines is 1. The molecule has 2 N–H and O–H groups in total. The molecule has 0 aliphatic carbocycles. The molecule has 0 saturated carbocycles. The van der Waals surface area contributed by atoms with E-state index in [0.29, 0.717) is 21.9 Å². The number of anilines is 1. The molecular weight excluding hydrogens is 448 g/mol. The number of halogens is 2. The van der Waals surface area contributed by atoms with Gasteiger partial charge in [0.2, 0.25) is 11.1 Å². The predicted octanol–water partition coefficient (Wildman–Crippen LogP) is 5.74. The van der Waals surface area contributed by atoms with Crippen LogP contribution in [0.5, 0.6) is 0 Å². The van der Waals surface area contributed by atoms with Gasteiger partial charge in [-0.2, -0.15) is 0 Å². The first-order chi connectivity index (χ1) is 12.9. The average Bonchev–Trinajstić information content (AvgIpc) is 3.11. The summed E-state index contributed by atoms with van der Waals surface area (Å²) in [5.74, 6) is 1.08. The van der Waals surface area contributed by atoms with Crippen molar-refractivity contribution in [2.45, 2.75) is 24.9 Å². The molecule has 0 aliphatic heterocycles. The fourth-order valence-electron chi connectivity index (χ4n) is 2.49. The molecule has 3 aromatic rings. The van der Waals surface area contributed by atoms with Gasteiger partial charge in [0.1, 0.15) is 0 Å². The zero-order valence-electron chi connectivity index (χ0n) is 14.8. The van der Waals surface area contributed by atoms with Crippen LogP contribution in [0, 0.1) is 0 Å². The first-order valence-electron chi connectivity index (χ1n) is 8.33. The van der Waals surface area contributed by atoms with Crippen LogP contribution in [0.15, 0.2) is 52.1 Å². The molecule has 0 spiro atoms. The molecule has 0 bridgehead atoms. The van der Waals surface area contributed by atoms with Gasteiger partial charge in [-0.1, -0.05) is 53.1 Å². The van der Waals surface area contributed by atoms with Gasteiger partial charge in [-0.15, -0.1) is 5.10 Å². The summed E-state index contributed by atoms with van der Waals surface area (Å²) >= 11 is 10.7. The van der Waals surface area contributed by atoms with Gasteiger partial charge in [-0.25, -0.2) is 4.98 Å².